The minimum Gasteiger partial charge on any atom is -0.381 e. The number of hydrogen-bond donors (Lipinski definition) is 0. The van der Waals surface area contributed by atoms with Gasteiger partial charge in [0.05, 0.1) is 6.10 Å². The first-order valence-electron chi connectivity index (χ1n) is 5.70. The van der Waals surface area contributed by atoms with E-state index in [0.717, 1.165) is 22.9 Å². The highest BCUT2D eigenvalue weighted by molar-refractivity contribution is 9.10. The van der Waals surface area contributed by atoms with E-state index in [2.05, 4.69) is 15.9 Å². The summed E-state index contributed by atoms with van der Waals surface area (Å²) in [6, 6.07) is 5.32. The van der Waals surface area contributed by atoms with Gasteiger partial charge in [-0.3, -0.25) is 0 Å². The van der Waals surface area contributed by atoms with Gasteiger partial charge in [-0.2, -0.15) is 0 Å². The predicted octanol–water partition coefficient (Wildman–Crippen LogP) is 4.26. The Morgan fingerprint density at radius 3 is 2.75 bits per heavy atom. The molecule has 1 saturated carbocycles. The second kappa shape index (κ2) is 5.28. The van der Waals surface area contributed by atoms with Crippen molar-refractivity contribution in [1.82, 2.24) is 0 Å². The molecule has 2 rings (SSSR count). The highest BCUT2D eigenvalue weighted by Gasteiger charge is 2.28. The summed E-state index contributed by atoms with van der Waals surface area (Å²) in [5.74, 6) is 0.0928. The van der Waals surface area contributed by atoms with Gasteiger partial charge in [-0.15, -0.1) is 0 Å². The predicted molar refractivity (Wildman–Crippen MR) is 66.1 cm³/mol. The first-order valence-corrected chi connectivity index (χ1v) is 6.49. The maximum Gasteiger partial charge on any atom is 0.127 e. The molecule has 0 N–H and O–H groups in total. The van der Waals surface area contributed by atoms with E-state index in [9.17, 15) is 4.39 Å². The molecule has 0 radical (unpaired) electrons. The minimum atomic E-state index is -0.122. The van der Waals surface area contributed by atoms with Gasteiger partial charge < -0.3 is 4.74 Å². The van der Waals surface area contributed by atoms with Crippen LogP contribution in [-0.4, -0.2) is 13.2 Å². The number of rotatable bonds is 2. The SMILES string of the molecule is CO[C@H]1CCCC[C@@H]1c1ccc(Br)cc1F. The van der Waals surface area contributed by atoms with Crippen LogP contribution in [0.5, 0.6) is 0 Å². The second-order valence-electron chi connectivity index (χ2n) is 4.33. The number of methoxy groups -OCH3 is 1. The topological polar surface area (TPSA) is 9.23 Å². The van der Waals surface area contributed by atoms with E-state index < -0.39 is 0 Å². The van der Waals surface area contributed by atoms with Gasteiger partial charge in [0, 0.05) is 17.5 Å². The van der Waals surface area contributed by atoms with Gasteiger partial charge >= 0.3 is 0 Å². The number of halogens is 2. The maximum atomic E-state index is 13.9. The fraction of sp³-hybridized carbons (Fsp3) is 0.538. The summed E-state index contributed by atoms with van der Waals surface area (Å²) in [6.45, 7) is 0. The zero-order valence-electron chi connectivity index (χ0n) is 9.38. The highest BCUT2D eigenvalue weighted by atomic mass is 79.9. The van der Waals surface area contributed by atoms with Gasteiger partial charge in [0.2, 0.25) is 0 Å². The zero-order valence-corrected chi connectivity index (χ0v) is 11.0. The molecule has 1 fully saturated rings. The van der Waals surface area contributed by atoms with Crippen molar-refractivity contribution in [3.05, 3.63) is 34.1 Å². The van der Waals surface area contributed by atoms with Crippen LogP contribution < -0.4 is 0 Å². The summed E-state index contributed by atoms with van der Waals surface area (Å²) < 4.78 is 20.1. The third-order valence-corrected chi connectivity index (χ3v) is 3.86. The lowest BCUT2D eigenvalue weighted by atomic mass is 9.81. The molecular weight excluding hydrogens is 271 g/mol. The second-order valence-corrected chi connectivity index (χ2v) is 5.25. The molecule has 1 aromatic rings. The van der Waals surface area contributed by atoms with Crippen LogP contribution in [-0.2, 0) is 4.74 Å². The van der Waals surface area contributed by atoms with Gasteiger partial charge in [0.15, 0.2) is 0 Å². The average molecular weight is 287 g/mol. The summed E-state index contributed by atoms with van der Waals surface area (Å²) in [6.07, 6.45) is 4.59. The monoisotopic (exact) mass is 286 g/mol. The molecule has 0 heterocycles. The van der Waals surface area contributed by atoms with Crippen LogP contribution in [0.1, 0.15) is 37.2 Å². The molecule has 1 nitrogen and oxygen atoms in total. The van der Waals surface area contributed by atoms with Crippen molar-refractivity contribution in [3.8, 4) is 0 Å². The molecule has 3 heteroatoms. The van der Waals surface area contributed by atoms with Gasteiger partial charge in [-0.25, -0.2) is 4.39 Å². The molecule has 0 spiro atoms. The third kappa shape index (κ3) is 2.46. The van der Waals surface area contributed by atoms with Crippen molar-refractivity contribution in [3.63, 3.8) is 0 Å². The molecule has 2 atom stereocenters. The Kier molecular flexibility index (Phi) is 3.98. The molecule has 0 bridgehead atoms. The van der Waals surface area contributed by atoms with Crippen LogP contribution in [0.15, 0.2) is 22.7 Å². The van der Waals surface area contributed by atoms with Gasteiger partial charge in [0.1, 0.15) is 5.82 Å². The van der Waals surface area contributed by atoms with E-state index in [4.69, 9.17) is 4.74 Å². The number of hydrogen-bond acceptors (Lipinski definition) is 1. The molecule has 0 aliphatic heterocycles. The Balaban J connectivity index is 2.27. The summed E-state index contributed by atoms with van der Waals surface area (Å²) in [7, 11) is 1.72. The van der Waals surface area contributed by atoms with E-state index >= 15 is 0 Å². The van der Waals surface area contributed by atoms with Crippen LogP contribution in [0.3, 0.4) is 0 Å². The average Bonchev–Trinajstić information content (AvgIpc) is 2.29. The van der Waals surface area contributed by atoms with Crippen molar-refractivity contribution >= 4 is 15.9 Å². The maximum absolute atomic E-state index is 13.9. The quantitative estimate of drug-likeness (QED) is 0.789. The Hall–Kier alpha value is -0.410. The standard InChI is InChI=1S/C13H16BrFO/c1-16-13-5-3-2-4-11(13)10-7-6-9(14)8-12(10)15/h6-8,11,13H,2-5H2,1H3/t11-,13+/m1/s1. The highest BCUT2D eigenvalue weighted by Crippen LogP contribution is 2.36. The van der Waals surface area contributed by atoms with E-state index in [-0.39, 0.29) is 17.8 Å². The lowest BCUT2D eigenvalue weighted by Gasteiger charge is -2.31. The van der Waals surface area contributed by atoms with Gasteiger partial charge in [-0.1, -0.05) is 34.8 Å². The molecule has 88 valence electrons. The molecule has 0 aromatic heterocycles. The largest absolute Gasteiger partial charge is 0.381 e. The first kappa shape index (κ1) is 12.1. The van der Waals surface area contributed by atoms with E-state index in [0.29, 0.717) is 0 Å². The molecule has 0 saturated heterocycles. The van der Waals surface area contributed by atoms with Gasteiger partial charge in [0.25, 0.3) is 0 Å². The Morgan fingerprint density at radius 2 is 2.06 bits per heavy atom. The molecule has 1 aliphatic rings. The minimum absolute atomic E-state index is 0.122. The van der Waals surface area contributed by atoms with Crippen molar-refractivity contribution in [2.45, 2.75) is 37.7 Å². The number of ether oxygens (including phenoxy) is 1. The van der Waals surface area contributed by atoms with Crippen LogP contribution in [0.25, 0.3) is 0 Å². The van der Waals surface area contributed by atoms with Crippen LogP contribution >= 0.6 is 15.9 Å². The molecule has 0 unspecified atom stereocenters. The molecule has 16 heavy (non-hydrogen) atoms. The first-order chi connectivity index (χ1) is 7.72. The molecular formula is C13H16BrFO. The van der Waals surface area contributed by atoms with Crippen molar-refractivity contribution < 1.29 is 9.13 Å². The van der Waals surface area contributed by atoms with Crippen molar-refractivity contribution in [2.75, 3.05) is 7.11 Å². The summed E-state index contributed by atoms with van der Waals surface area (Å²) in [4.78, 5) is 0. The Bertz CT molecular complexity index is 367. The normalized spacial score (nSPS) is 25.7. The molecule has 1 aliphatic carbocycles. The van der Waals surface area contributed by atoms with Crippen LogP contribution in [0.4, 0.5) is 4.39 Å². The summed E-state index contributed by atoms with van der Waals surface area (Å²) >= 11 is 3.28. The molecule has 0 amide bonds. The van der Waals surface area contributed by atoms with Crippen LogP contribution in [0, 0.1) is 5.82 Å². The Morgan fingerprint density at radius 1 is 1.31 bits per heavy atom. The fourth-order valence-electron chi connectivity index (χ4n) is 2.54. The molecule has 1 aromatic carbocycles. The number of benzene rings is 1. The lowest BCUT2D eigenvalue weighted by Crippen LogP contribution is -2.25. The van der Waals surface area contributed by atoms with Crippen molar-refractivity contribution in [1.29, 1.82) is 0 Å². The summed E-state index contributed by atoms with van der Waals surface area (Å²) in [5.41, 5.74) is 0.801. The fourth-order valence-corrected chi connectivity index (χ4v) is 2.87. The smallest absolute Gasteiger partial charge is 0.127 e. The lowest BCUT2D eigenvalue weighted by molar-refractivity contribution is 0.0513. The zero-order chi connectivity index (χ0) is 11.5. The van der Waals surface area contributed by atoms with Gasteiger partial charge in [-0.05, 0) is 30.5 Å². The Labute approximate surface area is 104 Å². The van der Waals surface area contributed by atoms with E-state index in [1.165, 1.54) is 18.9 Å². The van der Waals surface area contributed by atoms with E-state index in [1.54, 1.807) is 7.11 Å². The third-order valence-electron chi connectivity index (χ3n) is 3.37. The van der Waals surface area contributed by atoms with Crippen LogP contribution in [0.2, 0.25) is 0 Å². The van der Waals surface area contributed by atoms with Crippen molar-refractivity contribution in [2.24, 2.45) is 0 Å². The van der Waals surface area contributed by atoms with E-state index in [1.807, 2.05) is 12.1 Å². The summed E-state index contributed by atoms with van der Waals surface area (Å²) in [5, 5.41) is 0.